The number of carbonyl (C=O) groups is 2. The zero-order valence-corrected chi connectivity index (χ0v) is 9.53. The van der Waals surface area contributed by atoms with Crippen molar-refractivity contribution in [1.82, 2.24) is 5.32 Å². The average Bonchev–Trinajstić information content (AvgIpc) is 2.64. The van der Waals surface area contributed by atoms with E-state index < -0.39 is 17.5 Å². The van der Waals surface area contributed by atoms with E-state index in [1.807, 2.05) is 0 Å². The van der Waals surface area contributed by atoms with Crippen molar-refractivity contribution in [3.05, 3.63) is 0 Å². The van der Waals surface area contributed by atoms with E-state index in [9.17, 15) is 9.59 Å². The molecule has 5 heteroatoms. The summed E-state index contributed by atoms with van der Waals surface area (Å²) in [4.78, 5) is 22.7. The summed E-state index contributed by atoms with van der Waals surface area (Å²) in [5.74, 6) is -1.16. The molecule has 1 aliphatic rings. The molecule has 0 radical (unpaired) electrons. The fourth-order valence-electron chi connectivity index (χ4n) is 2.15. The first-order chi connectivity index (χ1) is 7.46. The number of carbonyl (C=O) groups excluding carboxylic acids is 1. The molecule has 3 N–H and O–H groups in total. The number of hydrogen-bond acceptors (Lipinski definition) is 3. The Morgan fingerprint density at radius 1 is 1.38 bits per heavy atom. The predicted octanol–water partition coefficient (Wildman–Crippen LogP) is 0.518. The minimum atomic E-state index is -0.878. The Morgan fingerprint density at radius 2 is 1.94 bits per heavy atom. The number of nitrogens with one attached hydrogen (secondary N) is 1. The Bertz CT molecular complexity index is 269. The van der Waals surface area contributed by atoms with Crippen LogP contribution in [-0.2, 0) is 9.59 Å². The van der Waals surface area contributed by atoms with Gasteiger partial charge < -0.3 is 15.5 Å². The highest BCUT2D eigenvalue weighted by Crippen LogP contribution is 2.41. The molecule has 0 heterocycles. The smallest absolute Gasteiger partial charge is 0.310 e. The first-order valence-electron chi connectivity index (χ1n) is 5.64. The van der Waals surface area contributed by atoms with Gasteiger partial charge in [0.15, 0.2) is 0 Å². The van der Waals surface area contributed by atoms with Gasteiger partial charge in [0, 0.05) is 13.0 Å². The molecule has 1 amide bonds. The lowest BCUT2D eigenvalue weighted by molar-refractivity contribution is -0.151. The molecule has 0 spiro atoms. The number of aliphatic hydroxyl groups excluding tert-OH is 1. The second kappa shape index (κ2) is 5.30. The minimum absolute atomic E-state index is 0.0229. The van der Waals surface area contributed by atoms with Gasteiger partial charge in [-0.25, -0.2) is 0 Å². The van der Waals surface area contributed by atoms with Crippen LogP contribution < -0.4 is 5.32 Å². The van der Waals surface area contributed by atoms with E-state index in [2.05, 4.69) is 5.32 Å². The molecule has 0 aliphatic heterocycles. The summed E-state index contributed by atoms with van der Waals surface area (Å²) < 4.78 is 0. The van der Waals surface area contributed by atoms with Crippen LogP contribution in [0, 0.1) is 5.41 Å². The van der Waals surface area contributed by atoms with Crippen LogP contribution >= 0.6 is 0 Å². The Hall–Kier alpha value is -1.10. The van der Waals surface area contributed by atoms with Crippen LogP contribution in [0.5, 0.6) is 0 Å². The third kappa shape index (κ3) is 3.20. The maximum atomic E-state index is 11.5. The Morgan fingerprint density at radius 3 is 2.38 bits per heavy atom. The first kappa shape index (κ1) is 13.0. The van der Waals surface area contributed by atoms with Crippen LogP contribution in [0.2, 0.25) is 0 Å². The Balaban J connectivity index is 2.49. The zero-order valence-electron chi connectivity index (χ0n) is 9.53. The van der Waals surface area contributed by atoms with Gasteiger partial charge in [-0.05, 0) is 19.8 Å². The molecule has 5 nitrogen and oxygen atoms in total. The normalized spacial score (nSPS) is 20.4. The first-order valence-corrected chi connectivity index (χ1v) is 5.64. The number of aliphatic hydroxyl groups is 1. The summed E-state index contributed by atoms with van der Waals surface area (Å²) in [6.45, 7) is 1.75. The Kier molecular flexibility index (Phi) is 4.29. The highest BCUT2D eigenvalue weighted by Gasteiger charge is 2.42. The lowest BCUT2D eigenvalue weighted by Crippen LogP contribution is -2.38. The van der Waals surface area contributed by atoms with Crippen molar-refractivity contribution in [1.29, 1.82) is 0 Å². The molecule has 0 bridgehead atoms. The largest absolute Gasteiger partial charge is 0.481 e. The number of carboxylic acids is 1. The molecule has 1 aliphatic carbocycles. The van der Waals surface area contributed by atoms with Gasteiger partial charge >= 0.3 is 5.97 Å². The molecule has 16 heavy (non-hydrogen) atoms. The van der Waals surface area contributed by atoms with Crippen molar-refractivity contribution in [3.8, 4) is 0 Å². The monoisotopic (exact) mass is 229 g/mol. The van der Waals surface area contributed by atoms with Gasteiger partial charge in [0.1, 0.15) is 0 Å². The fraction of sp³-hybridized carbons (Fsp3) is 0.818. The van der Waals surface area contributed by atoms with Crippen molar-refractivity contribution >= 4 is 11.9 Å². The highest BCUT2D eigenvalue weighted by atomic mass is 16.4. The summed E-state index contributed by atoms with van der Waals surface area (Å²) in [5.41, 5.74) is -0.872. The van der Waals surface area contributed by atoms with E-state index in [1.54, 1.807) is 6.92 Å². The molecule has 0 aromatic carbocycles. The van der Waals surface area contributed by atoms with Gasteiger partial charge in [-0.15, -0.1) is 0 Å². The quantitative estimate of drug-likeness (QED) is 0.641. The summed E-state index contributed by atoms with van der Waals surface area (Å²) in [6.07, 6.45) is 2.31. The van der Waals surface area contributed by atoms with Crippen LogP contribution in [0.4, 0.5) is 0 Å². The summed E-state index contributed by atoms with van der Waals surface area (Å²) in [5, 5.41) is 20.7. The van der Waals surface area contributed by atoms with Gasteiger partial charge in [0.25, 0.3) is 0 Å². The highest BCUT2D eigenvalue weighted by molar-refractivity contribution is 5.85. The maximum Gasteiger partial charge on any atom is 0.310 e. The Labute approximate surface area is 94.8 Å². The predicted molar refractivity (Wildman–Crippen MR) is 57.8 cm³/mol. The second-order valence-electron chi connectivity index (χ2n) is 4.62. The summed E-state index contributed by atoms with van der Waals surface area (Å²) in [6, 6.07) is 0. The number of aliphatic carboxylic acids is 1. The summed E-state index contributed by atoms with van der Waals surface area (Å²) in [7, 11) is 0. The summed E-state index contributed by atoms with van der Waals surface area (Å²) >= 11 is 0. The van der Waals surface area contributed by atoms with Gasteiger partial charge in [-0.1, -0.05) is 12.8 Å². The van der Waals surface area contributed by atoms with Crippen LogP contribution in [0.25, 0.3) is 0 Å². The van der Waals surface area contributed by atoms with E-state index in [4.69, 9.17) is 10.2 Å². The molecular weight excluding hydrogens is 210 g/mol. The zero-order chi connectivity index (χ0) is 12.2. The second-order valence-corrected chi connectivity index (χ2v) is 4.62. The van der Waals surface area contributed by atoms with E-state index in [0.29, 0.717) is 12.8 Å². The molecule has 1 atom stereocenters. The molecule has 0 aromatic heterocycles. The van der Waals surface area contributed by atoms with Crippen LogP contribution in [0.3, 0.4) is 0 Å². The third-order valence-corrected chi connectivity index (χ3v) is 3.11. The average molecular weight is 229 g/mol. The van der Waals surface area contributed by atoms with Crippen molar-refractivity contribution < 1.29 is 19.8 Å². The molecule has 0 aromatic rings. The molecule has 92 valence electrons. The van der Waals surface area contributed by atoms with E-state index in [0.717, 1.165) is 12.8 Å². The van der Waals surface area contributed by atoms with Crippen molar-refractivity contribution in [2.45, 2.75) is 45.1 Å². The van der Waals surface area contributed by atoms with E-state index >= 15 is 0 Å². The molecule has 1 rings (SSSR count). The van der Waals surface area contributed by atoms with Crippen LogP contribution in [0.1, 0.15) is 39.0 Å². The van der Waals surface area contributed by atoms with Gasteiger partial charge in [-0.2, -0.15) is 0 Å². The fourth-order valence-corrected chi connectivity index (χ4v) is 2.15. The minimum Gasteiger partial charge on any atom is -0.481 e. The number of hydrogen-bond donors (Lipinski definition) is 3. The number of rotatable bonds is 5. The molecular formula is C11H19NO4. The standard InChI is InChI=1S/C11H19NO4/c1-8(13)7-12-9(14)6-11(10(15)16)4-2-3-5-11/h8,13H,2-7H2,1H3,(H,12,14)(H,15,16)/t8-/m0/s1. The SMILES string of the molecule is C[C@H](O)CNC(=O)CC1(C(=O)O)CCCC1. The number of carboxylic acid groups (broad SMARTS) is 1. The maximum absolute atomic E-state index is 11.5. The molecule has 1 fully saturated rings. The van der Waals surface area contributed by atoms with Crippen molar-refractivity contribution in [2.75, 3.05) is 6.54 Å². The van der Waals surface area contributed by atoms with Gasteiger partial charge in [0.2, 0.25) is 5.91 Å². The van der Waals surface area contributed by atoms with Crippen molar-refractivity contribution in [2.24, 2.45) is 5.41 Å². The van der Waals surface area contributed by atoms with Gasteiger partial charge in [-0.3, -0.25) is 9.59 Å². The molecule has 0 saturated heterocycles. The van der Waals surface area contributed by atoms with Crippen molar-refractivity contribution in [3.63, 3.8) is 0 Å². The lowest BCUT2D eigenvalue weighted by atomic mass is 9.82. The van der Waals surface area contributed by atoms with Crippen LogP contribution in [-0.4, -0.2) is 34.7 Å². The third-order valence-electron chi connectivity index (χ3n) is 3.11. The molecule has 1 saturated carbocycles. The lowest BCUT2D eigenvalue weighted by Gasteiger charge is -2.23. The van der Waals surface area contributed by atoms with E-state index in [-0.39, 0.29) is 18.9 Å². The molecule has 0 unspecified atom stereocenters. The topological polar surface area (TPSA) is 86.6 Å². The van der Waals surface area contributed by atoms with Gasteiger partial charge in [0.05, 0.1) is 11.5 Å². The van der Waals surface area contributed by atoms with E-state index in [1.165, 1.54) is 0 Å². The van der Waals surface area contributed by atoms with Crippen LogP contribution in [0.15, 0.2) is 0 Å². The number of amides is 1.